The average molecular weight is 291 g/mol. The number of carboxylic acids is 1. The second kappa shape index (κ2) is 6.47. The molecule has 1 amide bonds. The summed E-state index contributed by atoms with van der Waals surface area (Å²) in [5.74, 6) is -1.00. The van der Waals surface area contributed by atoms with Crippen molar-refractivity contribution < 1.29 is 14.7 Å². The van der Waals surface area contributed by atoms with Gasteiger partial charge in [-0.15, -0.1) is 0 Å². The van der Waals surface area contributed by atoms with E-state index < -0.39 is 5.97 Å². The first-order valence-electron chi connectivity index (χ1n) is 7.21. The molecule has 1 aliphatic rings. The van der Waals surface area contributed by atoms with E-state index in [1.54, 1.807) is 6.07 Å². The molecule has 1 saturated heterocycles. The number of carbonyl (C=O) groups is 2. The lowest BCUT2D eigenvalue weighted by Crippen LogP contribution is -2.46. The lowest BCUT2D eigenvalue weighted by atomic mass is 10.1. The number of carbonyl (C=O) groups excluding carboxylic acids is 1. The van der Waals surface area contributed by atoms with Crippen molar-refractivity contribution in [3.63, 3.8) is 0 Å². The monoisotopic (exact) mass is 291 g/mol. The summed E-state index contributed by atoms with van der Waals surface area (Å²) >= 11 is 0. The molecule has 0 aliphatic carbocycles. The fourth-order valence-electron chi connectivity index (χ4n) is 2.73. The van der Waals surface area contributed by atoms with Crippen molar-refractivity contribution >= 4 is 23.3 Å². The number of hydrogen-bond donors (Lipinski definition) is 3. The Labute approximate surface area is 123 Å². The third-order valence-corrected chi connectivity index (χ3v) is 3.81. The largest absolute Gasteiger partial charge is 0.478 e. The van der Waals surface area contributed by atoms with Crippen LogP contribution >= 0.6 is 0 Å². The molecule has 2 rings (SSSR count). The Kier molecular flexibility index (Phi) is 4.67. The zero-order valence-corrected chi connectivity index (χ0v) is 12.1. The van der Waals surface area contributed by atoms with Crippen molar-refractivity contribution in [3.8, 4) is 0 Å². The van der Waals surface area contributed by atoms with Gasteiger partial charge >= 0.3 is 5.97 Å². The molecule has 1 atom stereocenters. The summed E-state index contributed by atoms with van der Waals surface area (Å²) in [5, 5.41) is 11.9. The number of benzene rings is 1. The van der Waals surface area contributed by atoms with E-state index in [9.17, 15) is 9.59 Å². The molecule has 1 aliphatic heterocycles. The summed E-state index contributed by atoms with van der Waals surface area (Å²) in [7, 11) is 0. The van der Waals surface area contributed by atoms with Gasteiger partial charge in [0.25, 0.3) is 0 Å². The summed E-state index contributed by atoms with van der Waals surface area (Å²) in [6.07, 6.45) is 2.74. The quantitative estimate of drug-likeness (QED) is 0.730. The summed E-state index contributed by atoms with van der Waals surface area (Å²) < 4.78 is 0. The van der Waals surface area contributed by atoms with Crippen LogP contribution in [-0.2, 0) is 4.79 Å². The molecule has 6 heteroatoms. The molecule has 1 heterocycles. The van der Waals surface area contributed by atoms with E-state index >= 15 is 0 Å². The smallest absolute Gasteiger partial charge is 0.335 e. The maximum atomic E-state index is 12.2. The normalized spacial score (nSPS) is 18.7. The number of hydrogen-bond acceptors (Lipinski definition) is 4. The molecule has 0 bridgehead atoms. The van der Waals surface area contributed by atoms with Crippen LogP contribution in [0.25, 0.3) is 0 Å². The van der Waals surface area contributed by atoms with E-state index in [1.807, 2.05) is 11.8 Å². The minimum atomic E-state index is -1.01. The highest BCUT2D eigenvalue weighted by Crippen LogP contribution is 2.28. The number of aromatic carboxylic acids is 1. The summed E-state index contributed by atoms with van der Waals surface area (Å²) in [6, 6.07) is 4.39. The molecule has 0 aromatic heterocycles. The first-order chi connectivity index (χ1) is 10.0. The number of nitrogens with zero attached hydrogens (tertiary/aromatic N) is 1. The number of amides is 1. The fourth-order valence-corrected chi connectivity index (χ4v) is 2.73. The van der Waals surface area contributed by atoms with Gasteiger partial charge in [0, 0.05) is 13.1 Å². The highest BCUT2D eigenvalue weighted by molar-refractivity contribution is 5.92. The average Bonchev–Trinajstić information content (AvgIpc) is 2.66. The van der Waals surface area contributed by atoms with Crippen LogP contribution in [-0.4, -0.2) is 36.1 Å². The second-order valence-corrected chi connectivity index (χ2v) is 5.17. The van der Waals surface area contributed by atoms with Crippen LogP contribution in [0.3, 0.4) is 0 Å². The maximum Gasteiger partial charge on any atom is 0.335 e. The first-order valence-corrected chi connectivity index (χ1v) is 7.21. The van der Waals surface area contributed by atoms with Gasteiger partial charge in [-0.25, -0.2) is 4.79 Å². The molecule has 4 N–H and O–H groups in total. The number of nitrogens with two attached hydrogens (primary N) is 1. The number of likely N-dealkylation sites (N-methyl/N-ethyl adjacent to an activating group) is 1. The molecule has 1 fully saturated rings. The fraction of sp³-hybridized carbons (Fsp3) is 0.467. The topological polar surface area (TPSA) is 95.7 Å². The number of nitrogens with one attached hydrogen (secondary N) is 1. The van der Waals surface area contributed by atoms with Crippen molar-refractivity contribution in [2.24, 2.45) is 0 Å². The molecule has 0 saturated carbocycles. The predicted molar refractivity (Wildman–Crippen MR) is 81.5 cm³/mol. The maximum absolute atomic E-state index is 12.2. The van der Waals surface area contributed by atoms with Crippen molar-refractivity contribution in [2.75, 3.05) is 23.7 Å². The van der Waals surface area contributed by atoms with Gasteiger partial charge < -0.3 is 21.1 Å². The molecule has 1 aromatic rings. The summed E-state index contributed by atoms with van der Waals surface area (Å²) in [4.78, 5) is 25.1. The number of carboxylic acid groups (broad SMARTS) is 1. The molecule has 6 nitrogen and oxygen atoms in total. The third kappa shape index (κ3) is 3.26. The Balaban J connectivity index is 2.32. The summed E-state index contributed by atoms with van der Waals surface area (Å²) in [5.41, 5.74) is 7.24. The second-order valence-electron chi connectivity index (χ2n) is 5.17. The number of rotatable bonds is 4. The van der Waals surface area contributed by atoms with Gasteiger partial charge in [-0.05, 0) is 44.4 Å². The standard InChI is InChI=1S/C15H21N3O3/c1-2-18(13-5-3-4-8-17-14(13)19)12-7-6-10(15(20)21)9-11(12)16/h6-7,9,13H,2-5,8,16H2,1H3,(H,17,19)(H,20,21). The molecular weight excluding hydrogens is 270 g/mol. The Morgan fingerprint density at radius 1 is 1.48 bits per heavy atom. The van der Waals surface area contributed by atoms with Crippen molar-refractivity contribution in [3.05, 3.63) is 23.8 Å². The molecule has 114 valence electrons. The highest BCUT2D eigenvalue weighted by Gasteiger charge is 2.27. The van der Waals surface area contributed by atoms with E-state index in [0.717, 1.165) is 19.3 Å². The predicted octanol–water partition coefficient (Wildman–Crippen LogP) is 1.46. The Hall–Kier alpha value is -2.24. The zero-order valence-electron chi connectivity index (χ0n) is 12.1. The molecule has 1 aromatic carbocycles. The van der Waals surface area contributed by atoms with Crippen LogP contribution in [0.4, 0.5) is 11.4 Å². The van der Waals surface area contributed by atoms with Crippen LogP contribution in [0.1, 0.15) is 36.5 Å². The van der Waals surface area contributed by atoms with Crippen LogP contribution < -0.4 is 16.0 Å². The van der Waals surface area contributed by atoms with Crippen molar-refractivity contribution in [2.45, 2.75) is 32.2 Å². The molecule has 21 heavy (non-hydrogen) atoms. The minimum Gasteiger partial charge on any atom is -0.478 e. The zero-order chi connectivity index (χ0) is 15.4. The first kappa shape index (κ1) is 15.2. The van der Waals surface area contributed by atoms with Crippen molar-refractivity contribution in [1.29, 1.82) is 0 Å². The van der Waals surface area contributed by atoms with E-state index in [2.05, 4.69) is 5.32 Å². The molecule has 0 spiro atoms. The number of nitrogen functional groups attached to an aromatic ring is 1. The highest BCUT2D eigenvalue weighted by atomic mass is 16.4. The van der Waals surface area contributed by atoms with Crippen LogP contribution in [0.5, 0.6) is 0 Å². The lowest BCUT2D eigenvalue weighted by Gasteiger charge is -2.31. The van der Waals surface area contributed by atoms with Gasteiger partial charge in [-0.3, -0.25) is 4.79 Å². The van der Waals surface area contributed by atoms with E-state index in [0.29, 0.717) is 24.5 Å². The van der Waals surface area contributed by atoms with Gasteiger partial charge in [-0.2, -0.15) is 0 Å². The minimum absolute atomic E-state index is 0.0102. The van der Waals surface area contributed by atoms with E-state index in [-0.39, 0.29) is 17.5 Å². The SMILES string of the molecule is CCN(c1ccc(C(=O)O)cc1N)C1CCCCNC1=O. The van der Waals surface area contributed by atoms with Gasteiger partial charge in [0.15, 0.2) is 0 Å². The van der Waals surface area contributed by atoms with Crippen LogP contribution in [0, 0.1) is 0 Å². The summed E-state index contributed by atoms with van der Waals surface area (Å²) in [6.45, 7) is 3.30. The number of anilines is 2. The van der Waals surface area contributed by atoms with Crippen LogP contribution in [0.15, 0.2) is 18.2 Å². The van der Waals surface area contributed by atoms with E-state index in [1.165, 1.54) is 12.1 Å². The Bertz CT molecular complexity index is 545. The van der Waals surface area contributed by atoms with Crippen molar-refractivity contribution in [1.82, 2.24) is 5.32 Å². The molecule has 1 unspecified atom stereocenters. The lowest BCUT2D eigenvalue weighted by molar-refractivity contribution is -0.122. The van der Waals surface area contributed by atoms with E-state index in [4.69, 9.17) is 10.8 Å². The molecule has 0 radical (unpaired) electrons. The van der Waals surface area contributed by atoms with Crippen LogP contribution in [0.2, 0.25) is 0 Å². The van der Waals surface area contributed by atoms with Gasteiger partial charge in [0.05, 0.1) is 16.9 Å². The van der Waals surface area contributed by atoms with Gasteiger partial charge in [0.1, 0.15) is 6.04 Å². The van der Waals surface area contributed by atoms with Gasteiger partial charge in [0.2, 0.25) is 5.91 Å². The Morgan fingerprint density at radius 2 is 2.24 bits per heavy atom. The van der Waals surface area contributed by atoms with Gasteiger partial charge in [-0.1, -0.05) is 0 Å². The third-order valence-electron chi connectivity index (χ3n) is 3.81. The Morgan fingerprint density at radius 3 is 2.86 bits per heavy atom. The molecular formula is C15H21N3O3.